The molecule has 0 saturated carbocycles. The number of nitrogens with one attached hydrogen (secondary N) is 1. The molecule has 0 saturated heterocycles. The summed E-state index contributed by atoms with van der Waals surface area (Å²) in [6.45, 7) is 14.2. The summed E-state index contributed by atoms with van der Waals surface area (Å²) in [7, 11) is 0. The van der Waals surface area contributed by atoms with E-state index in [0.717, 1.165) is 38.9 Å². The first kappa shape index (κ1) is 17.4. The highest BCUT2D eigenvalue weighted by atomic mass is 16.2. The van der Waals surface area contributed by atoms with Crippen LogP contribution in [0.3, 0.4) is 0 Å². The van der Waals surface area contributed by atoms with Gasteiger partial charge in [0.15, 0.2) is 0 Å². The van der Waals surface area contributed by atoms with Crippen molar-refractivity contribution in [2.75, 3.05) is 26.2 Å². The number of amides is 1. The highest BCUT2D eigenvalue weighted by Gasteiger charge is 2.13. The average Bonchev–Trinajstić information content (AvgIpc) is 2.28. The summed E-state index contributed by atoms with van der Waals surface area (Å²) in [5, 5.41) is 3.20. The molecule has 3 nitrogen and oxygen atoms in total. The molecule has 3 heteroatoms. The molecule has 0 unspecified atom stereocenters. The van der Waals surface area contributed by atoms with E-state index in [1.165, 1.54) is 0 Å². The standard InChI is InChI=1S/C15H32N2O/c1-6-9-16-12-15(18)17(10-7-13(2)3)11-8-14(4)5/h13-14,16H,6-12H2,1-5H3. The predicted octanol–water partition coefficient (Wildman–Crippen LogP) is 2.91. The van der Waals surface area contributed by atoms with Crippen LogP contribution < -0.4 is 5.32 Å². The highest BCUT2D eigenvalue weighted by molar-refractivity contribution is 5.78. The van der Waals surface area contributed by atoms with Gasteiger partial charge in [0.1, 0.15) is 0 Å². The minimum Gasteiger partial charge on any atom is -0.342 e. The van der Waals surface area contributed by atoms with Crippen LogP contribution in [0.2, 0.25) is 0 Å². The normalized spacial score (nSPS) is 11.3. The Labute approximate surface area is 113 Å². The molecule has 0 aromatic carbocycles. The molecule has 0 bridgehead atoms. The van der Waals surface area contributed by atoms with Gasteiger partial charge in [-0.05, 0) is 37.6 Å². The zero-order valence-electron chi connectivity index (χ0n) is 13.0. The number of hydrogen-bond donors (Lipinski definition) is 1. The van der Waals surface area contributed by atoms with E-state index in [2.05, 4.69) is 39.9 Å². The lowest BCUT2D eigenvalue weighted by Gasteiger charge is -2.24. The van der Waals surface area contributed by atoms with Crippen molar-refractivity contribution in [2.24, 2.45) is 11.8 Å². The minimum absolute atomic E-state index is 0.254. The number of carbonyl (C=O) groups is 1. The van der Waals surface area contributed by atoms with Crippen LogP contribution in [-0.4, -0.2) is 37.0 Å². The SMILES string of the molecule is CCCNCC(=O)N(CCC(C)C)CCC(C)C. The van der Waals surface area contributed by atoms with Gasteiger partial charge in [-0.2, -0.15) is 0 Å². The maximum atomic E-state index is 12.1. The third-order valence-electron chi connectivity index (χ3n) is 3.01. The van der Waals surface area contributed by atoms with Gasteiger partial charge in [0.05, 0.1) is 6.54 Å². The van der Waals surface area contributed by atoms with Crippen LogP contribution in [0.25, 0.3) is 0 Å². The fourth-order valence-electron chi connectivity index (χ4n) is 1.67. The van der Waals surface area contributed by atoms with Gasteiger partial charge in [0.25, 0.3) is 0 Å². The zero-order valence-corrected chi connectivity index (χ0v) is 13.0. The maximum Gasteiger partial charge on any atom is 0.236 e. The van der Waals surface area contributed by atoms with Gasteiger partial charge >= 0.3 is 0 Å². The molecule has 0 fully saturated rings. The van der Waals surface area contributed by atoms with Crippen molar-refractivity contribution in [3.63, 3.8) is 0 Å². The summed E-state index contributed by atoms with van der Waals surface area (Å²) in [5.41, 5.74) is 0. The fraction of sp³-hybridized carbons (Fsp3) is 0.933. The fourth-order valence-corrected chi connectivity index (χ4v) is 1.67. The molecule has 0 radical (unpaired) electrons. The van der Waals surface area contributed by atoms with Crippen molar-refractivity contribution in [2.45, 2.75) is 53.9 Å². The molecule has 0 aliphatic carbocycles. The third kappa shape index (κ3) is 9.46. The van der Waals surface area contributed by atoms with Crippen molar-refractivity contribution in [3.05, 3.63) is 0 Å². The molecular weight excluding hydrogens is 224 g/mol. The van der Waals surface area contributed by atoms with E-state index in [1.54, 1.807) is 0 Å². The molecule has 0 aromatic rings. The van der Waals surface area contributed by atoms with E-state index in [9.17, 15) is 4.79 Å². The molecule has 0 aliphatic heterocycles. The largest absolute Gasteiger partial charge is 0.342 e. The van der Waals surface area contributed by atoms with Crippen LogP contribution in [0.5, 0.6) is 0 Å². The molecule has 0 spiro atoms. The van der Waals surface area contributed by atoms with Crippen molar-refractivity contribution < 1.29 is 4.79 Å². The van der Waals surface area contributed by atoms with Crippen molar-refractivity contribution in [1.29, 1.82) is 0 Å². The molecule has 108 valence electrons. The third-order valence-corrected chi connectivity index (χ3v) is 3.01. The van der Waals surface area contributed by atoms with Crippen LogP contribution >= 0.6 is 0 Å². The summed E-state index contributed by atoms with van der Waals surface area (Å²) in [4.78, 5) is 14.1. The molecule has 0 aliphatic rings. The van der Waals surface area contributed by atoms with Crippen LogP contribution in [0, 0.1) is 11.8 Å². The van der Waals surface area contributed by atoms with E-state index < -0.39 is 0 Å². The minimum atomic E-state index is 0.254. The number of nitrogens with zero attached hydrogens (tertiary/aromatic N) is 1. The molecule has 0 aromatic heterocycles. The van der Waals surface area contributed by atoms with Gasteiger partial charge in [0, 0.05) is 13.1 Å². The monoisotopic (exact) mass is 256 g/mol. The zero-order chi connectivity index (χ0) is 14.0. The Balaban J connectivity index is 4.11. The Bertz CT molecular complexity index is 203. The second kappa shape index (κ2) is 10.4. The molecular formula is C15H32N2O. The average molecular weight is 256 g/mol. The Morgan fingerprint density at radius 1 is 1.06 bits per heavy atom. The van der Waals surface area contributed by atoms with Gasteiger partial charge in [-0.3, -0.25) is 4.79 Å². The van der Waals surface area contributed by atoms with E-state index in [4.69, 9.17) is 0 Å². The molecule has 1 N–H and O–H groups in total. The molecule has 18 heavy (non-hydrogen) atoms. The van der Waals surface area contributed by atoms with Gasteiger partial charge in [0.2, 0.25) is 5.91 Å². The lowest BCUT2D eigenvalue weighted by Crippen LogP contribution is -2.40. The van der Waals surface area contributed by atoms with Gasteiger partial charge < -0.3 is 10.2 Å². The van der Waals surface area contributed by atoms with Crippen molar-refractivity contribution in [1.82, 2.24) is 10.2 Å². The lowest BCUT2D eigenvalue weighted by atomic mass is 10.1. The number of carbonyl (C=O) groups excluding carboxylic acids is 1. The summed E-state index contributed by atoms with van der Waals surface area (Å²) in [6.07, 6.45) is 3.26. The van der Waals surface area contributed by atoms with E-state index >= 15 is 0 Å². The predicted molar refractivity (Wildman–Crippen MR) is 78.7 cm³/mol. The van der Waals surface area contributed by atoms with E-state index in [-0.39, 0.29) is 5.91 Å². The Morgan fingerprint density at radius 3 is 1.94 bits per heavy atom. The molecule has 0 rings (SSSR count). The quantitative estimate of drug-likeness (QED) is 0.610. The number of rotatable bonds is 10. The Morgan fingerprint density at radius 2 is 1.56 bits per heavy atom. The van der Waals surface area contributed by atoms with Crippen LogP contribution in [-0.2, 0) is 4.79 Å². The first-order valence-corrected chi connectivity index (χ1v) is 7.45. The highest BCUT2D eigenvalue weighted by Crippen LogP contribution is 2.06. The maximum absolute atomic E-state index is 12.1. The lowest BCUT2D eigenvalue weighted by molar-refractivity contribution is -0.130. The first-order valence-electron chi connectivity index (χ1n) is 7.45. The van der Waals surface area contributed by atoms with Gasteiger partial charge in [-0.15, -0.1) is 0 Å². The van der Waals surface area contributed by atoms with Crippen LogP contribution in [0.1, 0.15) is 53.9 Å². The second-order valence-electron chi connectivity index (χ2n) is 5.92. The van der Waals surface area contributed by atoms with Gasteiger partial charge in [-0.25, -0.2) is 0 Å². The molecule has 1 amide bonds. The van der Waals surface area contributed by atoms with E-state index in [1.807, 2.05) is 4.90 Å². The summed E-state index contributed by atoms with van der Waals surface area (Å²) < 4.78 is 0. The van der Waals surface area contributed by atoms with Crippen molar-refractivity contribution in [3.8, 4) is 0 Å². The summed E-state index contributed by atoms with van der Waals surface area (Å²) >= 11 is 0. The summed E-state index contributed by atoms with van der Waals surface area (Å²) in [5.74, 6) is 1.57. The van der Waals surface area contributed by atoms with Crippen LogP contribution in [0.4, 0.5) is 0 Å². The molecule has 0 atom stereocenters. The topological polar surface area (TPSA) is 32.3 Å². The first-order chi connectivity index (χ1) is 8.47. The van der Waals surface area contributed by atoms with E-state index in [0.29, 0.717) is 18.4 Å². The van der Waals surface area contributed by atoms with Gasteiger partial charge in [-0.1, -0.05) is 34.6 Å². The summed E-state index contributed by atoms with van der Waals surface area (Å²) in [6, 6.07) is 0. The Hall–Kier alpha value is -0.570. The van der Waals surface area contributed by atoms with Crippen LogP contribution in [0.15, 0.2) is 0 Å². The second-order valence-corrected chi connectivity index (χ2v) is 5.92. The molecule has 0 heterocycles. The Kier molecular flexibility index (Phi) is 10.0. The number of hydrogen-bond acceptors (Lipinski definition) is 2. The smallest absolute Gasteiger partial charge is 0.236 e. The van der Waals surface area contributed by atoms with Crippen molar-refractivity contribution >= 4 is 5.91 Å².